The zero-order chi connectivity index (χ0) is 27.1. The molecule has 0 aliphatic carbocycles. The minimum Gasteiger partial charge on any atom is -0.477 e. The Bertz CT molecular complexity index is 1720. The minimum atomic E-state index is -1.22. The molecule has 13 heteroatoms. The van der Waals surface area contributed by atoms with Gasteiger partial charge in [-0.05, 0) is 0 Å². The summed E-state index contributed by atoms with van der Waals surface area (Å²) >= 11 is 0. The number of hydrogen-bond donors (Lipinski definition) is 4. The normalized spacial score (nSPS) is 13.7. The van der Waals surface area contributed by atoms with E-state index in [9.17, 15) is 18.8 Å². The van der Waals surface area contributed by atoms with Crippen LogP contribution in [0.4, 0.5) is 10.1 Å². The van der Waals surface area contributed by atoms with Gasteiger partial charge < -0.3 is 19.9 Å². The minimum absolute atomic E-state index is 0.109. The van der Waals surface area contributed by atoms with Crippen molar-refractivity contribution in [2.75, 3.05) is 31.1 Å². The molecule has 196 valence electrons. The maximum atomic E-state index is 14.9. The quantitative estimate of drug-likeness (QED) is 0.193. The predicted octanol–water partition coefficient (Wildman–Crippen LogP) is 2.71. The summed E-state index contributed by atoms with van der Waals surface area (Å²) in [6, 6.07) is 11.0. The molecule has 1 aliphatic heterocycles. The van der Waals surface area contributed by atoms with E-state index < -0.39 is 23.5 Å². The molecule has 1 aliphatic rings. The maximum absolute atomic E-state index is 14.9. The van der Waals surface area contributed by atoms with Crippen LogP contribution in [-0.2, 0) is 4.79 Å². The number of anilines is 1. The molecule has 1 aromatic carbocycles. The van der Waals surface area contributed by atoms with Crippen molar-refractivity contribution in [3.05, 3.63) is 72.1 Å². The van der Waals surface area contributed by atoms with Crippen molar-refractivity contribution < 1.29 is 23.9 Å². The highest BCUT2D eigenvalue weighted by Crippen LogP contribution is 2.31. The van der Waals surface area contributed by atoms with Crippen molar-refractivity contribution in [1.29, 1.82) is 0 Å². The Morgan fingerprint density at radius 1 is 0.974 bits per heavy atom. The first-order valence-electron chi connectivity index (χ1n) is 12.0. The number of hydrogen-bond acceptors (Lipinski definition) is 7. The Morgan fingerprint density at radius 2 is 1.74 bits per heavy atom. The van der Waals surface area contributed by atoms with E-state index in [2.05, 4.69) is 35.3 Å². The van der Waals surface area contributed by atoms with Crippen molar-refractivity contribution in [2.24, 2.45) is 0 Å². The van der Waals surface area contributed by atoms with Crippen molar-refractivity contribution in [3.63, 3.8) is 0 Å². The number of aromatic nitrogens is 6. The van der Waals surface area contributed by atoms with Gasteiger partial charge >= 0.3 is 5.97 Å². The van der Waals surface area contributed by atoms with Crippen LogP contribution in [0.25, 0.3) is 33.5 Å². The number of halogens is 1. The summed E-state index contributed by atoms with van der Waals surface area (Å²) in [4.78, 5) is 48.0. The molecule has 0 spiro atoms. The molecule has 4 N–H and O–H groups in total. The number of carboxylic acids is 1. The fraction of sp³-hybridized carbons (Fsp3) is 0.154. The zero-order valence-corrected chi connectivity index (χ0v) is 20.3. The number of piperazine rings is 1. The standard InChI is InChI=1S/C26H21FN8O4/c27-16-12-29-22(17-10-18(26(38)39)32-31-17)23-20(16)15(11-28-23)24(36)25(37)35-8-6-34(7-9-35)19-13-30-33-21(19)14-4-2-1-3-5-14/h1-5,10-13,28H,6-9H2,(H,30,33)(H,31,32)(H,38,39). The number of aromatic carboxylic acids is 1. The van der Waals surface area contributed by atoms with Gasteiger partial charge in [0.15, 0.2) is 5.82 Å². The van der Waals surface area contributed by atoms with E-state index in [1.54, 1.807) is 0 Å². The number of nitrogens with zero attached hydrogens (tertiary/aromatic N) is 5. The molecule has 5 heterocycles. The number of amides is 1. The van der Waals surface area contributed by atoms with Crippen LogP contribution in [0.15, 0.2) is 55.0 Å². The van der Waals surface area contributed by atoms with Crippen LogP contribution in [0, 0.1) is 5.82 Å². The molecule has 1 saturated heterocycles. The Labute approximate surface area is 219 Å². The van der Waals surface area contributed by atoms with Crippen LogP contribution in [-0.4, -0.2) is 84.2 Å². The molecule has 0 atom stereocenters. The number of Topliss-reactive ketones (excluding diaryl/α,β-unsaturated/α-hetero) is 1. The largest absolute Gasteiger partial charge is 0.477 e. The van der Waals surface area contributed by atoms with Gasteiger partial charge in [0, 0.05) is 50.2 Å². The summed E-state index contributed by atoms with van der Waals surface area (Å²) in [5, 5.41) is 22.6. The molecule has 0 unspecified atom stereocenters. The molecule has 1 fully saturated rings. The number of carboxylic acid groups (broad SMARTS) is 1. The average Bonchev–Trinajstić information content (AvgIpc) is 3.73. The smallest absolute Gasteiger partial charge is 0.353 e. The molecule has 4 aromatic heterocycles. The second-order valence-electron chi connectivity index (χ2n) is 8.97. The Morgan fingerprint density at radius 3 is 2.46 bits per heavy atom. The maximum Gasteiger partial charge on any atom is 0.353 e. The van der Waals surface area contributed by atoms with E-state index in [4.69, 9.17) is 5.11 Å². The third-order valence-corrected chi connectivity index (χ3v) is 6.73. The number of carbonyl (C=O) groups is 3. The van der Waals surface area contributed by atoms with Crippen molar-refractivity contribution in [3.8, 4) is 22.6 Å². The summed E-state index contributed by atoms with van der Waals surface area (Å²) in [5.41, 5.74) is 2.79. The van der Waals surface area contributed by atoms with Gasteiger partial charge in [0.1, 0.15) is 22.8 Å². The monoisotopic (exact) mass is 528 g/mol. The summed E-state index contributed by atoms with van der Waals surface area (Å²) in [6.07, 6.45) is 3.98. The Balaban J connectivity index is 1.21. The lowest BCUT2D eigenvalue weighted by molar-refractivity contribution is -0.126. The molecule has 12 nitrogen and oxygen atoms in total. The molecule has 5 aromatic rings. The van der Waals surface area contributed by atoms with Gasteiger partial charge in [0.2, 0.25) is 0 Å². The number of carbonyl (C=O) groups excluding carboxylic acids is 2. The Kier molecular flexibility index (Phi) is 5.87. The molecule has 0 radical (unpaired) electrons. The van der Waals surface area contributed by atoms with Crippen molar-refractivity contribution in [1.82, 2.24) is 35.3 Å². The van der Waals surface area contributed by atoms with Gasteiger partial charge in [-0.1, -0.05) is 30.3 Å². The molecule has 0 bridgehead atoms. The second kappa shape index (κ2) is 9.52. The van der Waals surface area contributed by atoms with Gasteiger partial charge in [0.25, 0.3) is 11.7 Å². The van der Waals surface area contributed by atoms with Crippen LogP contribution in [0.5, 0.6) is 0 Å². The summed E-state index contributed by atoms with van der Waals surface area (Å²) in [7, 11) is 0. The van der Waals surface area contributed by atoms with E-state index in [-0.39, 0.29) is 33.5 Å². The fourth-order valence-electron chi connectivity index (χ4n) is 4.78. The number of pyridine rings is 1. The van der Waals surface area contributed by atoms with Crippen molar-refractivity contribution in [2.45, 2.75) is 0 Å². The highest BCUT2D eigenvalue weighted by Gasteiger charge is 2.31. The Hall–Kier alpha value is -5.33. The number of fused-ring (bicyclic) bond motifs is 1. The van der Waals surface area contributed by atoms with Crippen LogP contribution < -0.4 is 4.90 Å². The topological polar surface area (TPSA) is 164 Å². The lowest BCUT2D eigenvalue weighted by Gasteiger charge is -2.35. The molecular weight excluding hydrogens is 507 g/mol. The average molecular weight is 529 g/mol. The molecule has 1 amide bonds. The lowest BCUT2D eigenvalue weighted by atomic mass is 10.1. The molecule has 6 rings (SSSR count). The number of aromatic amines is 3. The summed E-state index contributed by atoms with van der Waals surface area (Å²) < 4.78 is 14.9. The number of H-pyrrole nitrogens is 3. The third kappa shape index (κ3) is 4.19. The number of benzene rings is 1. The fourth-order valence-corrected chi connectivity index (χ4v) is 4.78. The van der Waals surface area contributed by atoms with Crippen LogP contribution in [0.1, 0.15) is 20.8 Å². The molecule has 39 heavy (non-hydrogen) atoms. The van der Waals surface area contributed by atoms with Gasteiger partial charge in [-0.2, -0.15) is 10.2 Å². The SMILES string of the molecule is O=C(O)c1cc(-c2ncc(F)c3c(C(=O)C(=O)N4CCN(c5c[nH]nc5-c5ccccc5)CC4)c[nH]c23)n[nH]1. The highest BCUT2D eigenvalue weighted by atomic mass is 19.1. The first-order chi connectivity index (χ1) is 18.9. The van der Waals surface area contributed by atoms with Gasteiger partial charge in [-0.25, -0.2) is 14.2 Å². The van der Waals surface area contributed by atoms with E-state index in [0.29, 0.717) is 26.2 Å². The van der Waals surface area contributed by atoms with Gasteiger partial charge in [-0.3, -0.25) is 19.8 Å². The summed E-state index contributed by atoms with van der Waals surface area (Å²) in [5.74, 6) is -3.61. The van der Waals surface area contributed by atoms with E-state index in [1.807, 2.05) is 36.5 Å². The highest BCUT2D eigenvalue weighted by molar-refractivity contribution is 6.45. The van der Waals surface area contributed by atoms with E-state index in [1.165, 1.54) is 17.2 Å². The van der Waals surface area contributed by atoms with Gasteiger partial charge in [0.05, 0.1) is 28.4 Å². The summed E-state index contributed by atoms with van der Waals surface area (Å²) in [6.45, 7) is 1.57. The first-order valence-corrected chi connectivity index (χ1v) is 12.0. The zero-order valence-electron chi connectivity index (χ0n) is 20.3. The van der Waals surface area contributed by atoms with E-state index in [0.717, 1.165) is 23.1 Å². The second-order valence-corrected chi connectivity index (χ2v) is 8.97. The molecule has 0 saturated carbocycles. The van der Waals surface area contributed by atoms with Crippen LogP contribution in [0.2, 0.25) is 0 Å². The number of rotatable bonds is 6. The third-order valence-electron chi connectivity index (χ3n) is 6.73. The first kappa shape index (κ1) is 24.0. The molecular formula is C26H21FN8O4. The van der Waals surface area contributed by atoms with Crippen LogP contribution >= 0.6 is 0 Å². The number of ketones is 1. The van der Waals surface area contributed by atoms with Crippen molar-refractivity contribution >= 4 is 34.3 Å². The number of nitrogens with one attached hydrogen (secondary N) is 3. The van der Waals surface area contributed by atoms with E-state index >= 15 is 0 Å². The predicted molar refractivity (Wildman–Crippen MR) is 138 cm³/mol. The van der Waals surface area contributed by atoms with Crippen LogP contribution in [0.3, 0.4) is 0 Å². The lowest BCUT2D eigenvalue weighted by Crippen LogP contribution is -2.50. The van der Waals surface area contributed by atoms with Gasteiger partial charge in [-0.15, -0.1) is 0 Å².